The van der Waals surface area contributed by atoms with E-state index in [0.717, 1.165) is 22.4 Å². The average Bonchev–Trinajstić information content (AvgIpc) is 2.92. The smallest absolute Gasteiger partial charge is 0.0897 e. The molecule has 10 rings (SSSR count). The summed E-state index contributed by atoms with van der Waals surface area (Å²) in [6.45, 7) is 0. The van der Waals surface area contributed by atoms with Gasteiger partial charge in [-0.25, -0.2) is 9.97 Å². The van der Waals surface area contributed by atoms with Crippen molar-refractivity contribution in [3.05, 3.63) is 143 Å². The van der Waals surface area contributed by atoms with Gasteiger partial charge in [0, 0.05) is 0 Å². The van der Waals surface area contributed by atoms with Gasteiger partial charge in [0.05, 0.1) is 34.3 Å². The van der Waals surface area contributed by atoms with E-state index in [4.69, 9.17) is 9.97 Å². The van der Waals surface area contributed by atoms with E-state index in [-0.39, 0.29) is 11.8 Å². The fourth-order valence-electron chi connectivity index (χ4n) is 6.70. The summed E-state index contributed by atoms with van der Waals surface area (Å²) in [5, 5.41) is 7.48. The predicted molar refractivity (Wildman–Crippen MR) is 147 cm³/mol. The molecule has 0 N–H and O–H groups in total. The molecule has 166 valence electrons. The van der Waals surface area contributed by atoms with Gasteiger partial charge in [-0.1, -0.05) is 72.8 Å². The zero-order chi connectivity index (χ0) is 23.4. The molecule has 0 amide bonds. The van der Waals surface area contributed by atoms with Crippen molar-refractivity contribution < 1.29 is 0 Å². The average molecular weight is 457 g/mol. The summed E-state index contributed by atoms with van der Waals surface area (Å²) in [7, 11) is 0. The van der Waals surface area contributed by atoms with E-state index in [1.165, 1.54) is 54.6 Å². The van der Waals surface area contributed by atoms with Crippen LogP contribution < -0.4 is 0 Å². The maximum atomic E-state index is 5.31. The number of hydrogen-bond donors (Lipinski definition) is 0. The van der Waals surface area contributed by atoms with Crippen molar-refractivity contribution in [3.63, 3.8) is 0 Å². The first-order valence-corrected chi connectivity index (χ1v) is 12.6. The van der Waals surface area contributed by atoms with Crippen LogP contribution in [0.3, 0.4) is 0 Å². The van der Waals surface area contributed by atoms with E-state index in [2.05, 4.69) is 109 Å². The van der Waals surface area contributed by atoms with Crippen molar-refractivity contribution in [2.45, 2.75) is 11.8 Å². The zero-order valence-corrected chi connectivity index (χ0v) is 19.4. The predicted octanol–water partition coefficient (Wildman–Crippen LogP) is 8.08. The zero-order valence-electron chi connectivity index (χ0n) is 19.4. The molecule has 2 bridgehead atoms. The molecule has 2 nitrogen and oxygen atoms in total. The summed E-state index contributed by atoms with van der Waals surface area (Å²) in [4.78, 5) is 10.6. The molecule has 6 aromatic carbocycles. The van der Waals surface area contributed by atoms with E-state index in [1.807, 2.05) is 0 Å². The molecule has 0 aliphatic heterocycles. The van der Waals surface area contributed by atoms with Gasteiger partial charge in [0.15, 0.2) is 0 Å². The summed E-state index contributed by atoms with van der Waals surface area (Å²) in [5.74, 6) is 0.293. The molecule has 0 fully saturated rings. The van der Waals surface area contributed by atoms with Crippen LogP contribution in [0, 0.1) is 0 Å². The molecule has 7 aromatic rings. The minimum atomic E-state index is 0.146. The van der Waals surface area contributed by atoms with E-state index >= 15 is 0 Å². The summed E-state index contributed by atoms with van der Waals surface area (Å²) in [5.41, 5.74) is 9.70. The molecule has 0 saturated carbocycles. The minimum absolute atomic E-state index is 0.146. The Balaban J connectivity index is 1.32. The van der Waals surface area contributed by atoms with Crippen LogP contribution in [0.5, 0.6) is 0 Å². The third-order valence-corrected chi connectivity index (χ3v) is 8.28. The molecule has 3 aliphatic rings. The lowest BCUT2D eigenvalue weighted by Crippen LogP contribution is -2.29. The van der Waals surface area contributed by atoms with Crippen LogP contribution in [0.15, 0.2) is 109 Å². The van der Waals surface area contributed by atoms with Crippen LogP contribution in [0.25, 0.3) is 43.4 Å². The van der Waals surface area contributed by atoms with Gasteiger partial charge >= 0.3 is 0 Å². The molecule has 0 spiro atoms. The number of nitrogens with zero attached hydrogens (tertiary/aromatic N) is 2. The van der Waals surface area contributed by atoms with E-state index < -0.39 is 0 Å². The van der Waals surface area contributed by atoms with Crippen LogP contribution in [0.1, 0.15) is 45.5 Å². The minimum Gasteiger partial charge on any atom is -0.248 e. The van der Waals surface area contributed by atoms with E-state index in [1.54, 1.807) is 0 Å². The molecule has 0 radical (unpaired) electrons. The second kappa shape index (κ2) is 6.56. The number of fused-ring (bicyclic) bond motifs is 4. The number of rotatable bonds is 0. The molecule has 3 aliphatic carbocycles. The highest BCUT2D eigenvalue weighted by molar-refractivity contribution is 6.07. The number of hydrogen-bond acceptors (Lipinski definition) is 2. The molecular formula is C34H20N2. The highest BCUT2D eigenvalue weighted by atomic mass is 14.9. The van der Waals surface area contributed by atoms with Gasteiger partial charge in [-0.2, -0.15) is 0 Å². The quantitative estimate of drug-likeness (QED) is 0.216. The second-order valence-corrected chi connectivity index (χ2v) is 10.2. The Hall–Kier alpha value is -4.56. The molecule has 1 heterocycles. The van der Waals surface area contributed by atoms with Gasteiger partial charge in [-0.05, 0) is 91.0 Å². The second-order valence-electron chi connectivity index (χ2n) is 10.2. The number of benzene rings is 6. The van der Waals surface area contributed by atoms with E-state index in [0.29, 0.717) is 0 Å². The summed E-state index contributed by atoms with van der Waals surface area (Å²) in [6.07, 6.45) is 0. The Labute approximate surface area is 207 Å². The van der Waals surface area contributed by atoms with Gasteiger partial charge in [-0.3, -0.25) is 0 Å². The van der Waals surface area contributed by atoms with Crippen LogP contribution in [0.2, 0.25) is 0 Å². The topological polar surface area (TPSA) is 25.8 Å². The summed E-state index contributed by atoms with van der Waals surface area (Å²) >= 11 is 0. The maximum absolute atomic E-state index is 5.31. The Bertz CT molecular complexity index is 1880. The van der Waals surface area contributed by atoms with Crippen LogP contribution in [-0.2, 0) is 0 Å². The monoisotopic (exact) mass is 456 g/mol. The number of aromatic nitrogens is 2. The first-order chi connectivity index (χ1) is 17.8. The molecule has 0 atom stereocenters. The van der Waals surface area contributed by atoms with Crippen molar-refractivity contribution in [2.24, 2.45) is 0 Å². The molecule has 2 heteroatoms. The first kappa shape index (κ1) is 18.7. The van der Waals surface area contributed by atoms with Crippen molar-refractivity contribution in [3.8, 4) is 0 Å². The lowest BCUT2D eigenvalue weighted by Gasteiger charge is -2.40. The van der Waals surface area contributed by atoms with Crippen molar-refractivity contribution in [1.29, 1.82) is 0 Å². The lowest BCUT2D eigenvalue weighted by molar-refractivity contribution is 0.709. The summed E-state index contributed by atoms with van der Waals surface area (Å²) < 4.78 is 0. The van der Waals surface area contributed by atoms with Crippen LogP contribution >= 0.6 is 0 Å². The van der Waals surface area contributed by atoms with Gasteiger partial charge in [0.25, 0.3) is 0 Å². The normalized spacial score (nSPS) is 17.4. The van der Waals surface area contributed by atoms with Crippen molar-refractivity contribution >= 4 is 43.4 Å². The van der Waals surface area contributed by atoms with Crippen molar-refractivity contribution in [1.82, 2.24) is 9.97 Å². The molecule has 36 heavy (non-hydrogen) atoms. The first-order valence-electron chi connectivity index (χ1n) is 12.6. The largest absolute Gasteiger partial charge is 0.248 e. The fraction of sp³-hybridized carbons (Fsp3) is 0.0588. The van der Waals surface area contributed by atoms with E-state index in [9.17, 15) is 0 Å². The summed E-state index contributed by atoms with van der Waals surface area (Å²) in [6, 6.07) is 39.9. The molecular weight excluding hydrogens is 436 g/mol. The van der Waals surface area contributed by atoms with Crippen molar-refractivity contribution in [2.75, 3.05) is 0 Å². The van der Waals surface area contributed by atoms with Gasteiger partial charge in [0.2, 0.25) is 0 Å². The Morgan fingerprint density at radius 1 is 0.361 bits per heavy atom. The molecule has 1 aromatic heterocycles. The highest BCUT2D eigenvalue weighted by Gasteiger charge is 2.43. The fourth-order valence-corrected chi connectivity index (χ4v) is 6.70. The SMILES string of the molecule is c1ccc2c(c1)C1c3ccccc3C2c2nc3cc4cc5cc6ccccc6cc5cc4cc3nc21. The molecule has 0 unspecified atom stereocenters. The van der Waals surface area contributed by atoms with Crippen LogP contribution in [0.4, 0.5) is 0 Å². The highest BCUT2D eigenvalue weighted by Crippen LogP contribution is 2.54. The van der Waals surface area contributed by atoms with Crippen LogP contribution in [-0.4, -0.2) is 9.97 Å². The third kappa shape index (κ3) is 2.36. The third-order valence-electron chi connectivity index (χ3n) is 8.28. The maximum Gasteiger partial charge on any atom is 0.0897 e. The lowest BCUT2D eigenvalue weighted by atomic mass is 9.64. The molecule has 0 saturated heterocycles. The van der Waals surface area contributed by atoms with Gasteiger partial charge in [-0.15, -0.1) is 0 Å². The Kier molecular flexibility index (Phi) is 3.41. The standard InChI is InChI=1S/C34H20N2/c1-2-8-20-14-22-16-24-18-30-29(17-23(24)15-21(22)13-19(20)7-1)35-33-31-25-9-3-5-11-27(25)32(34(33)36-30)28-12-6-4-10-26(28)31/h1-18,31-32H. The Morgan fingerprint density at radius 3 is 1.11 bits per heavy atom. The van der Waals surface area contributed by atoms with Gasteiger partial charge < -0.3 is 0 Å². The Morgan fingerprint density at radius 2 is 0.694 bits per heavy atom. The van der Waals surface area contributed by atoms with Gasteiger partial charge in [0.1, 0.15) is 0 Å².